The van der Waals surface area contributed by atoms with Crippen molar-refractivity contribution in [3.63, 3.8) is 0 Å². The summed E-state index contributed by atoms with van der Waals surface area (Å²) in [6, 6.07) is 14.6. The Bertz CT molecular complexity index is 923. The van der Waals surface area contributed by atoms with Gasteiger partial charge in [0.25, 0.3) is 5.91 Å². The first-order valence-corrected chi connectivity index (χ1v) is 8.47. The molecule has 0 aliphatic carbocycles. The second-order valence-electron chi connectivity index (χ2n) is 5.10. The topological polar surface area (TPSA) is 113 Å². The van der Waals surface area contributed by atoms with E-state index in [2.05, 4.69) is 5.32 Å². The molecule has 2 rings (SSSR count). The zero-order valence-corrected chi connectivity index (χ0v) is 13.7. The van der Waals surface area contributed by atoms with E-state index in [0.29, 0.717) is 5.69 Å². The van der Waals surface area contributed by atoms with Crippen LogP contribution in [0.15, 0.2) is 59.0 Å². The van der Waals surface area contributed by atoms with Gasteiger partial charge < -0.3 is 5.32 Å². The zero-order chi connectivity index (χ0) is 17.7. The average molecular weight is 341 g/mol. The number of primary sulfonamides is 1. The Morgan fingerprint density at radius 3 is 2.21 bits per heavy atom. The number of nitrogens with two attached hydrogens (primary N) is 1. The standard InChI is InChI=1S/C17H15N3O3S/c1-12-2-4-13(5-3-12)10-14(11-18)17(21)20-15-6-8-16(9-7-15)24(19,22)23/h2-10H,1H3,(H,20,21)(H2,19,22,23)/b14-10-. The molecule has 6 nitrogen and oxygen atoms in total. The maximum atomic E-state index is 12.2. The average Bonchev–Trinajstić information content (AvgIpc) is 2.54. The van der Waals surface area contributed by atoms with Crippen LogP contribution in [0.1, 0.15) is 11.1 Å². The number of amides is 1. The van der Waals surface area contributed by atoms with Crippen LogP contribution in [0.2, 0.25) is 0 Å². The van der Waals surface area contributed by atoms with Crippen LogP contribution < -0.4 is 10.5 Å². The van der Waals surface area contributed by atoms with Crippen LogP contribution in [-0.4, -0.2) is 14.3 Å². The number of sulfonamides is 1. The number of hydrogen-bond acceptors (Lipinski definition) is 4. The molecule has 2 aromatic rings. The first-order chi connectivity index (χ1) is 11.3. The molecule has 2 aromatic carbocycles. The fourth-order valence-corrected chi connectivity index (χ4v) is 2.42. The summed E-state index contributed by atoms with van der Waals surface area (Å²) < 4.78 is 22.4. The van der Waals surface area contributed by atoms with Crippen LogP contribution in [0.25, 0.3) is 6.08 Å². The normalized spacial score (nSPS) is 11.6. The molecule has 0 radical (unpaired) electrons. The van der Waals surface area contributed by atoms with Crippen LogP contribution in [0.3, 0.4) is 0 Å². The number of anilines is 1. The summed E-state index contributed by atoms with van der Waals surface area (Å²) in [5, 5.41) is 16.7. The van der Waals surface area contributed by atoms with E-state index in [-0.39, 0.29) is 10.5 Å². The number of aryl methyl sites for hydroxylation is 1. The summed E-state index contributed by atoms with van der Waals surface area (Å²) in [6.45, 7) is 1.94. The van der Waals surface area contributed by atoms with Crippen molar-refractivity contribution in [1.82, 2.24) is 0 Å². The van der Waals surface area contributed by atoms with Gasteiger partial charge in [-0.2, -0.15) is 5.26 Å². The highest BCUT2D eigenvalue weighted by molar-refractivity contribution is 7.89. The van der Waals surface area contributed by atoms with Gasteiger partial charge in [-0.1, -0.05) is 29.8 Å². The number of carbonyl (C=O) groups excluding carboxylic acids is 1. The molecule has 1 amide bonds. The first kappa shape index (κ1) is 17.4. The fraction of sp³-hybridized carbons (Fsp3) is 0.0588. The van der Waals surface area contributed by atoms with E-state index in [1.54, 1.807) is 12.1 Å². The second kappa shape index (κ2) is 7.08. The highest BCUT2D eigenvalue weighted by atomic mass is 32.2. The van der Waals surface area contributed by atoms with Gasteiger partial charge in [0.05, 0.1) is 4.90 Å². The van der Waals surface area contributed by atoms with Gasteiger partial charge in [0.1, 0.15) is 11.6 Å². The van der Waals surface area contributed by atoms with E-state index in [1.165, 1.54) is 30.3 Å². The third-order valence-electron chi connectivity index (χ3n) is 3.19. The van der Waals surface area contributed by atoms with Crippen LogP contribution >= 0.6 is 0 Å². The largest absolute Gasteiger partial charge is 0.321 e. The highest BCUT2D eigenvalue weighted by Gasteiger charge is 2.11. The van der Waals surface area contributed by atoms with E-state index in [9.17, 15) is 13.2 Å². The predicted octanol–water partition coefficient (Wildman–Crippen LogP) is 2.19. The number of nitrogens with one attached hydrogen (secondary N) is 1. The van der Waals surface area contributed by atoms with Crippen LogP contribution in [0.4, 0.5) is 5.69 Å². The van der Waals surface area contributed by atoms with Gasteiger partial charge in [-0.15, -0.1) is 0 Å². The van der Waals surface area contributed by atoms with Crippen molar-refractivity contribution in [3.8, 4) is 6.07 Å². The molecule has 122 valence electrons. The molecule has 0 spiro atoms. The predicted molar refractivity (Wildman–Crippen MR) is 91.2 cm³/mol. The van der Waals surface area contributed by atoms with Gasteiger partial charge in [0, 0.05) is 5.69 Å². The summed E-state index contributed by atoms with van der Waals surface area (Å²) in [5.41, 5.74) is 2.11. The Balaban J connectivity index is 2.18. The van der Waals surface area contributed by atoms with Crippen molar-refractivity contribution in [2.24, 2.45) is 5.14 Å². The molecule has 0 fully saturated rings. The van der Waals surface area contributed by atoms with Crippen molar-refractivity contribution in [3.05, 3.63) is 65.2 Å². The minimum atomic E-state index is -3.79. The molecule has 0 aliphatic heterocycles. The monoisotopic (exact) mass is 341 g/mol. The summed E-state index contributed by atoms with van der Waals surface area (Å²) in [6.07, 6.45) is 1.48. The lowest BCUT2D eigenvalue weighted by Gasteiger charge is -2.05. The summed E-state index contributed by atoms with van der Waals surface area (Å²) in [7, 11) is -3.79. The number of carbonyl (C=O) groups is 1. The molecule has 0 saturated carbocycles. The molecule has 0 aromatic heterocycles. The van der Waals surface area contributed by atoms with Crippen molar-refractivity contribution < 1.29 is 13.2 Å². The van der Waals surface area contributed by atoms with Crippen LogP contribution in [-0.2, 0) is 14.8 Å². The lowest BCUT2D eigenvalue weighted by atomic mass is 10.1. The summed E-state index contributed by atoms with van der Waals surface area (Å²) in [4.78, 5) is 12.1. The van der Waals surface area contributed by atoms with Gasteiger partial charge in [-0.05, 0) is 42.8 Å². The Morgan fingerprint density at radius 1 is 1.12 bits per heavy atom. The molecule has 3 N–H and O–H groups in total. The molecular weight excluding hydrogens is 326 g/mol. The van der Waals surface area contributed by atoms with E-state index in [4.69, 9.17) is 10.4 Å². The number of hydrogen-bond donors (Lipinski definition) is 2. The Kier molecular flexibility index (Phi) is 5.14. The van der Waals surface area contributed by atoms with Crippen LogP contribution in [0.5, 0.6) is 0 Å². The quantitative estimate of drug-likeness (QED) is 0.655. The molecule has 0 aliphatic rings. The zero-order valence-electron chi connectivity index (χ0n) is 12.9. The Labute approximate surface area is 140 Å². The highest BCUT2D eigenvalue weighted by Crippen LogP contribution is 2.15. The maximum Gasteiger partial charge on any atom is 0.266 e. The van der Waals surface area contributed by atoms with Gasteiger partial charge in [0.2, 0.25) is 10.0 Å². The maximum absolute atomic E-state index is 12.2. The smallest absolute Gasteiger partial charge is 0.266 e. The van der Waals surface area contributed by atoms with E-state index >= 15 is 0 Å². The van der Waals surface area contributed by atoms with E-state index < -0.39 is 15.9 Å². The Morgan fingerprint density at radius 2 is 1.71 bits per heavy atom. The number of benzene rings is 2. The summed E-state index contributed by atoms with van der Waals surface area (Å²) in [5.74, 6) is -0.582. The fourth-order valence-electron chi connectivity index (χ4n) is 1.90. The number of nitriles is 1. The molecule has 0 atom stereocenters. The molecule has 7 heteroatoms. The van der Waals surface area contributed by atoms with Crippen molar-refractivity contribution in [2.75, 3.05) is 5.32 Å². The molecule has 0 heterocycles. The van der Waals surface area contributed by atoms with Crippen molar-refractivity contribution >= 4 is 27.7 Å². The minimum Gasteiger partial charge on any atom is -0.321 e. The Hall–Kier alpha value is -2.95. The number of rotatable bonds is 4. The first-order valence-electron chi connectivity index (χ1n) is 6.92. The van der Waals surface area contributed by atoms with Gasteiger partial charge in [-0.3, -0.25) is 4.79 Å². The van der Waals surface area contributed by atoms with Gasteiger partial charge >= 0.3 is 0 Å². The van der Waals surface area contributed by atoms with Crippen molar-refractivity contribution in [1.29, 1.82) is 5.26 Å². The SMILES string of the molecule is Cc1ccc(/C=C(/C#N)C(=O)Nc2ccc(S(N)(=O)=O)cc2)cc1. The molecule has 0 saturated heterocycles. The molecule has 0 bridgehead atoms. The van der Waals surface area contributed by atoms with Crippen LogP contribution in [0, 0.1) is 18.3 Å². The third-order valence-corrected chi connectivity index (χ3v) is 4.12. The summed E-state index contributed by atoms with van der Waals surface area (Å²) >= 11 is 0. The minimum absolute atomic E-state index is 0.0591. The number of nitrogens with zero attached hydrogens (tertiary/aromatic N) is 1. The second-order valence-corrected chi connectivity index (χ2v) is 6.67. The van der Waals surface area contributed by atoms with Gasteiger partial charge in [-0.25, -0.2) is 13.6 Å². The third kappa shape index (κ3) is 4.52. The van der Waals surface area contributed by atoms with Crippen molar-refractivity contribution in [2.45, 2.75) is 11.8 Å². The molecular formula is C17H15N3O3S. The lowest BCUT2D eigenvalue weighted by molar-refractivity contribution is -0.112. The molecule has 24 heavy (non-hydrogen) atoms. The van der Waals surface area contributed by atoms with E-state index in [0.717, 1.165) is 11.1 Å². The van der Waals surface area contributed by atoms with E-state index in [1.807, 2.05) is 25.1 Å². The van der Waals surface area contributed by atoms with Gasteiger partial charge in [0.15, 0.2) is 0 Å². The molecule has 0 unspecified atom stereocenters. The lowest BCUT2D eigenvalue weighted by Crippen LogP contribution is -2.14.